The van der Waals surface area contributed by atoms with Crippen LogP contribution in [0.15, 0.2) is 42.7 Å². The third-order valence-electron chi connectivity index (χ3n) is 4.42. The van der Waals surface area contributed by atoms with E-state index in [1.54, 1.807) is 6.92 Å². The molecule has 4 heteroatoms. The van der Waals surface area contributed by atoms with Gasteiger partial charge in [0.25, 0.3) is 0 Å². The number of aromatic nitrogens is 1. The number of carbonyl (C=O) groups is 1. The molecule has 0 N–H and O–H groups in total. The Hall–Kier alpha value is -1.35. The van der Waals surface area contributed by atoms with Crippen molar-refractivity contribution in [3.8, 4) is 0 Å². The van der Waals surface area contributed by atoms with E-state index in [1.807, 2.05) is 0 Å². The summed E-state index contributed by atoms with van der Waals surface area (Å²) in [7, 11) is 0. The molecule has 0 radical (unpaired) electrons. The lowest BCUT2D eigenvalue weighted by Gasteiger charge is -2.04. The molecule has 0 bridgehead atoms. The fraction of sp³-hybridized carbons (Fsp3) is 0.636. The van der Waals surface area contributed by atoms with Gasteiger partial charge in [-0.2, -0.15) is 0 Å². The van der Waals surface area contributed by atoms with Gasteiger partial charge in [-0.05, 0) is 19.8 Å². The Morgan fingerprint density at radius 1 is 0.808 bits per heavy atom. The van der Waals surface area contributed by atoms with Gasteiger partial charge in [0.15, 0.2) is 12.4 Å². The third kappa shape index (κ3) is 13.9. The standard InChI is InChI=1S/C22H36NO2.ClH/c1-21(2)22(24)25-20-16-11-9-7-5-3-4-6-8-10-13-17-23-18-14-12-15-19-23;/h12,14-15,18-19H,1,3-11,13,16-17,20H2,2H3;1H/q+1;/p-1. The summed E-state index contributed by atoms with van der Waals surface area (Å²) in [5.41, 5.74) is 0.485. The predicted octanol–water partition coefficient (Wildman–Crippen LogP) is 2.39. The Bertz CT molecular complexity index is 476. The predicted molar refractivity (Wildman–Crippen MR) is 103 cm³/mol. The molecule has 1 aromatic heterocycles. The van der Waals surface area contributed by atoms with Gasteiger partial charge >= 0.3 is 5.97 Å². The number of esters is 1. The van der Waals surface area contributed by atoms with Gasteiger partial charge in [0, 0.05) is 24.1 Å². The van der Waals surface area contributed by atoms with E-state index in [9.17, 15) is 4.79 Å². The maximum absolute atomic E-state index is 11.2. The van der Waals surface area contributed by atoms with Crippen LogP contribution in [0.3, 0.4) is 0 Å². The lowest BCUT2D eigenvalue weighted by atomic mass is 10.1. The number of halogens is 1. The smallest absolute Gasteiger partial charge is 0.333 e. The van der Waals surface area contributed by atoms with Gasteiger partial charge in [0.2, 0.25) is 0 Å². The highest BCUT2D eigenvalue weighted by Crippen LogP contribution is 2.11. The monoisotopic (exact) mass is 381 g/mol. The largest absolute Gasteiger partial charge is 1.00 e. The summed E-state index contributed by atoms with van der Waals surface area (Å²) in [4.78, 5) is 11.2. The van der Waals surface area contributed by atoms with Crippen LogP contribution in [0.25, 0.3) is 0 Å². The van der Waals surface area contributed by atoms with E-state index in [1.165, 1.54) is 57.8 Å². The van der Waals surface area contributed by atoms with Gasteiger partial charge in [-0.15, -0.1) is 0 Å². The fourth-order valence-corrected chi connectivity index (χ4v) is 2.86. The first-order valence-corrected chi connectivity index (χ1v) is 9.97. The van der Waals surface area contributed by atoms with Crippen molar-refractivity contribution in [1.29, 1.82) is 0 Å². The topological polar surface area (TPSA) is 30.2 Å². The highest BCUT2D eigenvalue weighted by molar-refractivity contribution is 5.86. The molecule has 0 saturated carbocycles. The van der Waals surface area contributed by atoms with Crippen molar-refractivity contribution in [2.75, 3.05) is 6.61 Å². The summed E-state index contributed by atoms with van der Waals surface area (Å²) < 4.78 is 7.35. The van der Waals surface area contributed by atoms with E-state index in [4.69, 9.17) is 4.74 Å². The van der Waals surface area contributed by atoms with Crippen molar-refractivity contribution in [2.24, 2.45) is 0 Å². The number of rotatable bonds is 15. The molecule has 1 aromatic rings. The molecule has 26 heavy (non-hydrogen) atoms. The lowest BCUT2D eigenvalue weighted by molar-refractivity contribution is -0.697. The van der Waals surface area contributed by atoms with Gasteiger partial charge in [-0.1, -0.05) is 64.0 Å². The normalized spacial score (nSPS) is 10.2. The summed E-state index contributed by atoms with van der Waals surface area (Å²) in [6.07, 6.45) is 18.4. The lowest BCUT2D eigenvalue weighted by Crippen LogP contribution is -3.00. The van der Waals surface area contributed by atoms with Crippen molar-refractivity contribution in [3.05, 3.63) is 42.7 Å². The third-order valence-corrected chi connectivity index (χ3v) is 4.42. The average Bonchev–Trinajstić information content (AvgIpc) is 2.62. The zero-order chi connectivity index (χ0) is 18.2. The Morgan fingerprint density at radius 2 is 1.27 bits per heavy atom. The molecule has 0 aliphatic rings. The minimum absolute atomic E-state index is 0. The Balaban J connectivity index is 0.00000625. The average molecular weight is 382 g/mol. The summed E-state index contributed by atoms with van der Waals surface area (Å²) in [5, 5.41) is 0. The minimum Gasteiger partial charge on any atom is -1.00 e. The van der Waals surface area contributed by atoms with Crippen LogP contribution < -0.4 is 17.0 Å². The van der Waals surface area contributed by atoms with Crippen LogP contribution >= 0.6 is 0 Å². The molecule has 0 atom stereocenters. The van der Waals surface area contributed by atoms with Crippen LogP contribution in [-0.2, 0) is 16.1 Å². The van der Waals surface area contributed by atoms with E-state index >= 15 is 0 Å². The summed E-state index contributed by atoms with van der Waals surface area (Å²) in [6.45, 7) is 6.93. The maximum atomic E-state index is 11.2. The molecule has 0 spiro atoms. The van der Waals surface area contributed by atoms with Crippen molar-refractivity contribution < 1.29 is 26.5 Å². The van der Waals surface area contributed by atoms with Gasteiger partial charge in [-0.3, -0.25) is 0 Å². The minimum atomic E-state index is -0.262. The Labute approximate surface area is 166 Å². The van der Waals surface area contributed by atoms with Crippen LogP contribution in [0, 0.1) is 0 Å². The van der Waals surface area contributed by atoms with Crippen LogP contribution in [0.1, 0.15) is 77.6 Å². The summed E-state index contributed by atoms with van der Waals surface area (Å²) >= 11 is 0. The number of aryl methyl sites for hydroxylation is 1. The molecule has 0 aromatic carbocycles. The molecule has 148 valence electrons. The zero-order valence-corrected chi connectivity index (χ0v) is 17.2. The molecule has 0 saturated heterocycles. The molecule has 0 unspecified atom stereocenters. The Kier molecular flexibility index (Phi) is 16.2. The van der Waals surface area contributed by atoms with Crippen LogP contribution in [0.5, 0.6) is 0 Å². The van der Waals surface area contributed by atoms with Crippen molar-refractivity contribution >= 4 is 5.97 Å². The van der Waals surface area contributed by atoms with E-state index in [-0.39, 0.29) is 18.4 Å². The molecule has 1 heterocycles. The van der Waals surface area contributed by atoms with Gasteiger partial charge < -0.3 is 17.1 Å². The number of unbranched alkanes of at least 4 members (excludes halogenated alkanes) is 10. The van der Waals surface area contributed by atoms with Crippen LogP contribution in [0.4, 0.5) is 0 Å². The first kappa shape index (κ1) is 24.7. The van der Waals surface area contributed by atoms with Crippen molar-refractivity contribution in [2.45, 2.75) is 84.1 Å². The van der Waals surface area contributed by atoms with E-state index in [0.29, 0.717) is 12.2 Å². The second-order valence-electron chi connectivity index (χ2n) is 6.92. The molecular formula is C22H36ClNO2. The van der Waals surface area contributed by atoms with Crippen LogP contribution in [0.2, 0.25) is 0 Å². The number of hydrogen-bond donors (Lipinski definition) is 0. The molecule has 1 rings (SSSR count). The molecule has 0 fully saturated rings. The van der Waals surface area contributed by atoms with E-state index < -0.39 is 0 Å². The zero-order valence-electron chi connectivity index (χ0n) is 16.4. The maximum Gasteiger partial charge on any atom is 0.333 e. The molecule has 0 aliphatic carbocycles. The number of hydrogen-bond acceptors (Lipinski definition) is 2. The first-order chi connectivity index (χ1) is 12.2. The second kappa shape index (κ2) is 17.1. The fourth-order valence-electron chi connectivity index (χ4n) is 2.86. The Morgan fingerprint density at radius 3 is 1.77 bits per heavy atom. The number of nitrogens with zero attached hydrogens (tertiary/aromatic N) is 1. The van der Waals surface area contributed by atoms with Crippen molar-refractivity contribution in [3.63, 3.8) is 0 Å². The number of ether oxygens (including phenoxy) is 1. The van der Waals surface area contributed by atoms with Crippen LogP contribution in [-0.4, -0.2) is 12.6 Å². The number of pyridine rings is 1. The molecular weight excluding hydrogens is 346 g/mol. The second-order valence-corrected chi connectivity index (χ2v) is 6.92. The SMILES string of the molecule is C=C(C)C(=O)OCCCCCCCCCCCCC[n+]1ccccc1.[Cl-]. The van der Waals surface area contributed by atoms with Gasteiger partial charge in [0.05, 0.1) is 6.61 Å². The quantitative estimate of drug-likeness (QED) is 0.202. The van der Waals surface area contributed by atoms with E-state index in [2.05, 4.69) is 41.7 Å². The van der Waals surface area contributed by atoms with Crippen molar-refractivity contribution in [1.82, 2.24) is 0 Å². The molecule has 0 aliphatic heterocycles. The highest BCUT2D eigenvalue weighted by Gasteiger charge is 2.02. The highest BCUT2D eigenvalue weighted by atomic mass is 35.5. The number of carbonyl (C=O) groups excluding carboxylic acids is 1. The first-order valence-electron chi connectivity index (χ1n) is 9.97. The van der Waals surface area contributed by atoms with E-state index in [0.717, 1.165) is 19.4 Å². The van der Waals surface area contributed by atoms with Gasteiger partial charge in [0.1, 0.15) is 6.54 Å². The summed E-state index contributed by atoms with van der Waals surface area (Å²) in [6, 6.07) is 6.25. The summed E-state index contributed by atoms with van der Waals surface area (Å²) in [5.74, 6) is -0.262. The molecule has 3 nitrogen and oxygen atoms in total. The van der Waals surface area contributed by atoms with Gasteiger partial charge in [-0.25, -0.2) is 9.36 Å². The molecule has 0 amide bonds.